The van der Waals surface area contributed by atoms with Crippen molar-refractivity contribution >= 4 is 10.9 Å². The minimum atomic E-state index is -0.342. The number of nitrogens with zero attached hydrogens (tertiary/aromatic N) is 1. The SMILES string of the molecule is Cc1[nH]c2ccc(O)c(-c3ccc(F)cc3)c2c1C#N. The van der Waals surface area contributed by atoms with Crippen LogP contribution in [0.4, 0.5) is 4.39 Å². The van der Waals surface area contributed by atoms with Crippen molar-refractivity contribution in [2.45, 2.75) is 6.92 Å². The highest BCUT2D eigenvalue weighted by Gasteiger charge is 2.16. The zero-order valence-corrected chi connectivity index (χ0v) is 10.7. The molecule has 0 spiro atoms. The second kappa shape index (κ2) is 4.39. The summed E-state index contributed by atoms with van der Waals surface area (Å²) in [5.74, 6) is -0.272. The van der Waals surface area contributed by atoms with Crippen LogP contribution in [-0.4, -0.2) is 10.1 Å². The van der Waals surface area contributed by atoms with Crippen molar-refractivity contribution in [1.29, 1.82) is 5.26 Å². The monoisotopic (exact) mass is 266 g/mol. The van der Waals surface area contributed by atoms with E-state index in [1.807, 2.05) is 6.92 Å². The molecule has 0 aliphatic carbocycles. The maximum atomic E-state index is 13.0. The number of halogens is 1. The van der Waals surface area contributed by atoms with E-state index in [1.54, 1.807) is 24.3 Å². The van der Waals surface area contributed by atoms with Crippen LogP contribution in [0, 0.1) is 24.1 Å². The Balaban J connectivity index is 2.42. The van der Waals surface area contributed by atoms with Gasteiger partial charge < -0.3 is 10.1 Å². The molecule has 1 aromatic heterocycles. The van der Waals surface area contributed by atoms with E-state index in [1.165, 1.54) is 12.1 Å². The molecule has 1 heterocycles. The van der Waals surface area contributed by atoms with Crippen LogP contribution in [0.5, 0.6) is 5.75 Å². The van der Waals surface area contributed by atoms with Gasteiger partial charge in [-0.2, -0.15) is 5.26 Å². The van der Waals surface area contributed by atoms with Crippen LogP contribution in [0.1, 0.15) is 11.3 Å². The first-order valence-electron chi connectivity index (χ1n) is 6.12. The van der Waals surface area contributed by atoms with Crippen LogP contribution in [0.2, 0.25) is 0 Å². The van der Waals surface area contributed by atoms with E-state index >= 15 is 0 Å². The number of H-pyrrole nitrogens is 1. The fourth-order valence-electron chi connectivity index (χ4n) is 2.46. The van der Waals surface area contributed by atoms with E-state index < -0.39 is 0 Å². The lowest BCUT2D eigenvalue weighted by atomic mass is 9.98. The van der Waals surface area contributed by atoms with Gasteiger partial charge in [-0.1, -0.05) is 12.1 Å². The third kappa shape index (κ3) is 1.72. The van der Waals surface area contributed by atoms with Crippen LogP contribution in [0.3, 0.4) is 0 Å². The number of aromatic hydroxyl groups is 1. The number of hydrogen-bond acceptors (Lipinski definition) is 2. The van der Waals surface area contributed by atoms with E-state index in [0.717, 1.165) is 11.2 Å². The molecule has 3 nitrogen and oxygen atoms in total. The van der Waals surface area contributed by atoms with Crippen molar-refractivity contribution in [1.82, 2.24) is 4.98 Å². The molecule has 0 saturated carbocycles. The van der Waals surface area contributed by atoms with Gasteiger partial charge in [0.1, 0.15) is 17.6 Å². The van der Waals surface area contributed by atoms with Gasteiger partial charge in [-0.05, 0) is 36.8 Å². The van der Waals surface area contributed by atoms with Gasteiger partial charge in [0.05, 0.1) is 5.56 Å². The topological polar surface area (TPSA) is 59.8 Å². The van der Waals surface area contributed by atoms with Crippen LogP contribution < -0.4 is 0 Å². The Labute approximate surface area is 114 Å². The van der Waals surface area contributed by atoms with Gasteiger partial charge in [0.15, 0.2) is 0 Å². The summed E-state index contributed by atoms with van der Waals surface area (Å²) in [6, 6.07) is 11.3. The first-order valence-corrected chi connectivity index (χ1v) is 6.12. The minimum absolute atomic E-state index is 0.0691. The molecule has 3 aromatic rings. The molecule has 2 N–H and O–H groups in total. The number of phenolic OH excluding ortho intramolecular Hbond substituents is 1. The summed E-state index contributed by atoms with van der Waals surface area (Å²) >= 11 is 0. The molecule has 0 saturated heterocycles. The highest BCUT2D eigenvalue weighted by atomic mass is 19.1. The molecule has 0 atom stereocenters. The number of nitriles is 1. The lowest BCUT2D eigenvalue weighted by Gasteiger charge is -2.07. The van der Waals surface area contributed by atoms with Crippen LogP contribution in [-0.2, 0) is 0 Å². The zero-order valence-electron chi connectivity index (χ0n) is 10.7. The number of phenols is 1. The number of aromatic amines is 1. The summed E-state index contributed by atoms with van der Waals surface area (Å²) in [4.78, 5) is 3.12. The number of rotatable bonds is 1. The Morgan fingerprint density at radius 1 is 1.15 bits per heavy atom. The molecule has 98 valence electrons. The predicted molar refractivity (Wildman–Crippen MR) is 74.8 cm³/mol. The van der Waals surface area contributed by atoms with Gasteiger partial charge in [0.2, 0.25) is 0 Å². The molecule has 0 fully saturated rings. The van der Waals surface area contributed by atoms with Gasteiger partial charge in [-0.15, -0.1) is 0 Å². The molecule has 0 unspecified atom stereocenters. The molecular formula is C16H11FN2O. The highest BCUT2D eigenvalue weighted by Crippen LogP contribution is 2.38. The summed E-state index contributed by atoms with van der Waals surface area (Å²) in [6.07, 6.45) is 0. The fraction of sp³-hybridized carbons (Fsp3) is 0.0625. The summed E-state index contributed by atoms with van der Waals surface area (Å²) in [5, 5.41) is 20.1. The van der Waals surface area contributed by atoms with Crippen LogP contribution in [0.25, 0.3) is 22.0 Å². The first-order chi connectivity index (χ1) is 9.61. The normalized spacial score (nSPS) is 10.7. The molecule has 0 aliphatic rings. The zero-order chi connectivity index (χ0) is 14.3. The quantitative estimate of drug-likeness (QED) is 0.702. The maximum Gasteiger partial charge on any atom is 0.124 e. The number of aromatic nitrogens is 1. The van der Waals surface area contributed by atoms with Crippen molar-refractivity contribution < 1.29 is 9.50 Å². The number of nitrogens with one attached hydrogen (secondary N) is 1. The Bertz CT molecular complexity index is 842. The molecule has 0 amide bonds. The molecule has 2 aromatic carbocycles. The maximum absolute atomic E-state index is 13.0. The minimum Gasteiger partial charge on any atom is -0.507 e. The number of benzene rings is 2. The molecular weight excluding hydrogens is 255 g/mol. The Morgan fingerprint density at radius 2 is 1.85 bits per heavy atom. The second-order valence-corrected chi connectivity index (χ2v) is 4.63. The van der Waals surface area contributed by atoms with Gasteiger partial charge >= 0.3 is 0 Å². The molecule has 0 bridgehead atoms. The average Bonchev–Trinajstić information content (AvgIpc) is 2.76. The highest BCUT2D eigenvalue weighted by molar-refractivity contribution is 6.02. The third-order valence-corrected chi connectivity index (χ3v) is 3.38. The molecule has 0 aliphatic heterocycles. The van der Waals surface area contributed by atoms with Gasteiger partial charge in [0, 0.05) is 22.2 Å². The lowest BCUT2D eigenvalue weighted by molar-refractivity contribution is 0.478. The second-order valence-electron chi connectivity index (χ2n) is 4.63. The average molecular weight is 266 g/mol. The van der Waals surface area contributed by atoms with Gasteiger partial charge in [0.25, 0.3) is 0 Å². The predicted octanol–water partition coefficient (Wildman–Crippen LogP) is 3.86. The molecule has 20 heavy (non-hydrogen) atoms. The number of fused-ring (bicyclic) bond motifs is 1. The van der Waals surface area contributed by atoms with Gasteiger partial charge in [-0.3, -0.25) is 0 Å². The van der Waals surface area contributed by atoms with Crippen molar-refractivity contribution in [3.63, 3.8) is 0 Å². The lowest BCUT2D eigenvalue weighted by Crippen LogP contribution is -1.84. The number of hydrogen-bond donors (Lipinski definition) is 2. The number of aryl methyl sites for hydroxylation is 1. The van der Waals surface area contributed by atoms with E-state index in [2.05, 4.69) is 11.1 Å². The van der Waals surface area contributed by atoms with Crippen molar-refractivity contribution in [2.75, 3.05) is 0 Å². The fourth-order valence-corrected chi connectivity index (χ4v) is 2.46. The van der Waals surface area contributed by atoms with Crippen molar-refractivity contribution in [3.8, 4) is 22.9 Å². The van der Waals surface area contributed by atoms with E-state index in [4.69, 9.17) is 0 Å². The Hall–Kier alpha value is -2.80. The van der Waals surface area contributed by atoms with Crippen molar-refractivity contribution in [3.05, 3.63) is 53.5 Å². The summed E-state index contributed by atoms with van der Waals surface area (Å²) in [6.45, 7) is 1.81. The Morgan fingerprint density at radius 3 is 2.50 bits per heavy atom. The largest absolute Gasteiger partial charge is 0.507 e. The smallest absolute Gasteiger partial charge is 0.124 e. The van der Waals surface area contributed by atoms with E-state index in [9.17, 15) is 14.8 Å². The van der Waals surface area contributed by atoms with E-state index in [-0.39, 0.29) is 11.6 Å². The summed E-state index contributed by atoms with van der Waals surface area (Å²) in [7, 11) is 0. The molecule has 4 heteroatoms. The van der Waals surface area contributed by atoms with Crippen molar-refractivity contribution in [2.24, 2.45) is 0 Å². The molecule has 3 rings (SSSR count). The van der Waals surface area contributed by atoms with Gasteiger partial charge in [-0.25, -0.2) is 4.39 Å². The summed E-state index contributed by atoms with van der Waals surface area (Å²) < 4.78 is 13.0. The Kier molecular flexibility index (Phi) is 2.69. The van der Waals surface area contributed by atoms with Crippen LogP contribution in [0.15, 0.2) is 36.4 Å². The first kappa shape index (κ1) is 12.2. The van der Waals surface area contributed by atoms with E-state index in [0.29, 0.717) is 22.1 Å². The standard InChI is InChI=1S/C16H11FN2O/c1-9-12(8-18)16-13(19-9)6-7-14(20)15(16)10-2-4-11(17)5-3-10/h2-7,19-20H,1H3. The van der Waals surface area contributed by atoms with Crippen LogP contribution >= 0.6 is 0 Å². The molecule has 0 radical (unpaired) electrons. The third-order valence-electron chi connectivity index (χ3n) is 3.38. The summed E-state index contributed by atoms with van der Waals surface area (Å²) in [5.41, 5.74) is 3.23.